The minimum absolute atomic E-state index is 0.110. The zero-order valence-electron chi connectivity index (χ0n) is 12.9. The molecule has 0 saturated carbocycles. The summed E-state index contributed by atoms with van der Waals surface area (Å²) in [5.41, 5.74) is 0. The molecule has 0 aromatic heterocycles. The number of rotatable bonds is 2. The summed E-state index contributed by atoms with van der Waals surface area (Å²) in [5, 5.41) is 0. The third-order valence-electron chi connectivity index (χ3n) is 4.71. The smallest absolute Gasteiger partial charge is 0.226 e. The highest BCUT2D eigenvalue weighted by Crippen LogP contribution is 2.29. The standard InChI is InChI=1S/C16H24N2O4/c19-15(17-5-9-21-10-6-17)13-3-1-2-4-14(13)16(20)18-7-11-22-12-8-18/h1-2,13-14H,3-12H2. The van der Waals surface area contributed by atoms with Crippen molar-refractivity contribution in [3.63, 3.8) is 0 Å². The lowest BCUT2D eigenvalue weighted by atomic mass is 9.81. The van der Waals surface area contributed by atoms with Crippen molar-refractivity contribution >= 4 is 11.8 Å². The molecule has 0 spiro atoms. The number of nitrogens with zero attached hydrogens (tertiary/aromatic N) is 2. The van der Waals surface area contributed by atoms with E-state index in [-0.39, 0.29) is 23.7 Å². The van der Waals surface area contributed by atoms with Gasteiger partial charge in [0.1, 0.15) is 0 Å². The van der Waals surface area contributed by atoms with E-state index in [1.807, 2.05) is 22.0 Å². The van der Waals surface area contributed by atoms with Crippen molar-refractivity contribution in [2.75, 3.05) is 52.6 Å². The summed E-state index contributed by atoms with van der Waals surface area (Å²) >= 11 is 0. The van der Waals surface area contributed by atoms with Crippen LogP contribution in [0.4, 0.5) is 0 Å². The van der Waals surface area contributed by atoms with Crippen LogP contribution in [0.15, 0.2) is 12.2 Å². The van der Waals surface area contributed by atoms with Gasteiger partial charge in [-0.3, -0.25) is 9.59 Å². The highest BCUT2D eigenvalue weighted by atomic mass is 16.5. The van der Waals surface area contributed by atoms with E-state index in [0.29, 0.717) is 65.4 Å². The summed E-state index contributed by atoms with van der Waals surface area (Å²) < 4.78 is 10.6. The molecule has 2 saturated heterocycles. The van der Waals surface area contributed by atoms with Crippen molar-refractivity contribution in [1.82, 2.24) is 9.80 Å². The second-order valence-corrected chi connectivity index (χ2v) is 6.03. The van der Waals surface area contributed by atoms with E-state index in [0.717, 1.165) is 0 Å². The Labute approximate surface area is 131 Å². The van der Waals surface area contributed by atoms with E-state index < -0.39 is 0 Å². The van der Waals surface area contributed by atoms with Crippen molar-refractivity contribution in [3.8, 4) is 0 Å². The van der Waals surface area contributed by atoms with E-state index in [2.05, 4.69) is 0 Å². The Bertz CT molecular complexity index is 399. The minimum Gasteiger partial charge on any atom is -0.378 e. The number of morpholine rings is 2. The van der Waals surface area contributed by atoms with Gasteiger partial charge in [-0.05, 0) is 12.8 Å². The number of hydrogen-bond donors (Lipinski definition) is 0. The van der Waals surface area contributed by atoms with Crippen molar-refractivity contribution in [2.45, 2.75) is 12.8 Å². The molecule has 2 heterocycles. The van der Waals surface area contributed by atoms with Crippen LogP contribution in [0.2, 0.25) is 0 Å². The molecular formula is C16H24N2O4. The first-order valence-electron chi connectivity index (χ1n) is 8.15. The number of ether oxygens (including phenoxy) is 2. The van der Waals surface area contributed by atoms with Crippen LogP contribution < -0.4 is 0 Å². The Morgan fingerprint density at radius 3 is 1.45 bits per heavy atom. The van der Waals surface area contributed by atoms with Crippen LogP contribution in [0.1, 0.15) is 12.8 Å². The lowest BCUT2D eigenvalue weighted by Crippen LogP contribution is -2.50. The maximum atomic E-state index is 12.8. The Morgan fingerprint density at radius 2 is 1.09 bits per heavy atom. The topological polar surface area (TPSA) is 59.1 Å². The molecule has 3 rings (SSSR count). The molecule has 0 N–H and O–H groups in total. The fourth-order valence-electron chi connectivity index (χ4n) is 3.40. The summed E-state index contributed by atoms with van der Waals surface area (Å²) in [4.78, 5) is 29.3. The van der Waals surface area contributed by atoms with Crippen molar-refractivity contribution < 1.29 is 19.1 Å². The Kier molecular flexibility index (Phi) is 5.10. The van der Waals surface area contributed by atoms with Gasteiger partial charge in [0.05, 0.1) is 38.3 Å². The van der Waals surface area contributed by atoms with Gasteiger partial charge in [0, 0.05) is 26.2 Å². The monoisotopic (exact) mass is 308 g/mol. The van der Waals surface area contributed by atoms with Crippen LogP contribution in [0, 0.1) is 11.8 Å². The number of allylic oxidation sites excluding steroid dienone is 2. The maximum absolute atomic E-state index is 12.8. The van der Waals surface area contributed by atoms with Crippen LogP contribution >= 0.6 is 0 Å². The number of hydrogen-bond acceptors (Lipinski definition) is 4. The van der Waals surface area contributed by atoms with Crippen LogP contribution in [-0.4, -0.2) is 74.2 Å². The molecule has 0 aromatic rings. The van der Waals surface area contributed by atoms with Gasteiger partial charge in [-0.1, -0.05) is 12.2 Å². The van der Waals surface area contributed by atoms with Crippen LogP contribution in [0.3, 0.4) is 0 Å². The zero-order chi connectivity index (χ0) is 15.4. The molecule has 2 fully saturated rings. The third kappa shape index (κ3) is 3.33. The summed E-state index contributed by atoms with van der Waals surface area (Å²) in [6, 6.07) is 0. The summed E-state index contributed by atoms with van der Waals surface area (Å²) in [6.45, 7) is 4.92. The summed E-state index contributed by atoms with van der Waals surface area (Å²) in [7, 11) is 0. The average molecular weight is 308 g/mol. The normalized spacial score (nSPS) is 29.5. The number of carbonyl (C=O) groups excluding carboxylic acids is 2. The highest BCUT2D eigenvalue weighted by Gasteiger charge is 2.38. The van der Waals surface area contributed by atoms with Crippen molar-refractivity contribution in [2.24, 2.45) is 11.8 Å². The van der Waals surface area contributed by atoms with Gasteiger partial charge in [0.2, 0.25) is 11.8 Å². The van der Waals surface area contributed by atoms with Gasteiger partial charge in [-0.2, -0.15) is 0 Å². The third-order valence-corrected chi connectivity index (χ3v) is 4.71. The van der Waals surface area contributed by atoms with Gasteiger partial charge in [0.25, 0.3) is 0 Å². The predicted molar refractivity (Wildman–Crippen MR) is 80.2 cm³/mol. The molecule has 3 aliphatic rings. The molecule has 6 heteroatoms. The molecule has 122 valence electrons. The molecule has 0 aromatic carbocycles. The number of amides is 2. The fourth-order valence-corrected chi connectivity index (χ4v) is 3.40. The van der Waals surface area contributed by atoms with E-state index in [1.54, 1.807) is 0 Å². The fraction of sp³-hybridized carbons (Fsp3) is 0.750. The Morgan fingerprint density at radius 1 is 0.727 bits per heavy atom. The molecule has 0 bridgehead atoms. The first kappa shape index (κ1) is 15.5. The quantitative estimate of drug-likeness (QED) is 0.688. The van der Waals surface area contributed by atoms with Crippen molar-refractivity contribution in [3.05, 3.63) is 12.2 Å². The predicted octanol–water partition coefficient (Wildman–Crippen LogP) is 0.286. The van der Waals surface area contributed by atoms with Crippen LogP contribution in [-0.2, 0) is 19.1 Å². The molecule has 1 aliphatic carbocycles. The van der Waals surface area contributed by atoms with E-state index >= 15 is 0 Å². The SMILES string of the molecule is O=C(C1CC=CCC1C(=O)N1CCOCC1)N1CCOCC1. The molecule has 0 radical (unpaired) electrons. The molecular weight excluding hydrogens is 284 g/mol. The maximum Gasteiger partial charge on any atom is 0.226 e. The van der Waals surface area contributed by atoms with E-state index in [9.17, 15) is 9.59 Å². The molecule has 2 atom stereocenters. The van der Waals surface area contributed by atoms with Gasteiger partial charge in [0.15, 0.2) is 0 Å². The average Bonchev–Trinajstić information content (AvgIpc) is 2.62. The minimum atomic E-state index is -0.224. The van der Waals surface area contributed by atoms with E-state index in [1.165, 1.54) is 0 Å². The summed E-state index contributed by atoms with van der Waals surface area (Å²) in [6.07, 6.45) is 5.39. The second-order valence-electron chi connectivity index (χ2n) is 6.03. The zero-order valence-corrected chi connectivity index (χ0v) is 12.9. The van der Waals surface area contributed by atoms with Gasteiger partial charge >= 0.3 is 0 Å². The first-order valence-corrected chi connectivity index (χ1v) is 8.15. The lowest BCUT2D eigenvalue weighted by molar-refractivity contribution is -0.150. The largest absolute Gasteiger partial charge is 0.378 e. The Hall–Kier alpha value is -1.40. The molecule has 6 nitrogen and oxygen atoms in total. The van der Waals surface area contributed by atoms with Crippen LogP contribution in [0.5, 0.6) is 0 Å². The summed E-state index contributed by atoms with van der Waals surface area (Å²) in [5.74, 6) is -0.226. The molecule has 2 unspecified atom stereocenters. The molecule has 2 aliphatic heterocycles. The second kappa shape index (κ2) is 7.24. The van der Waals surface area contributed by atoms with Gasteiger partial charge in [-0.15, -0.1) is 0 Å². The van der Waals surface area contributed by atoms with Gasteiger partial charge < -0.3 is 19.3 Å². The number of carbonyl (C=O) groups is 2. The van der Waals surface area contributed by atoms with Crippen LogP contribution in [0.25, 0.3) is 0 Å². The lowest BCUT2D eigenvalue weighted by Gasteiger charge is -2.37. The van der Waals surface area contributed by atoms with Gasteiger partial charge in [-0.25, -0.2) is 0 Å². The van der Waals surface area contributed by atoms with Crippen molar-refractivity contribution in [1.29, 1.82) is 0 Å². The molecule has 2 amide bonds. The Balaban J connectivity index is 1.68. The van der Waals surface area contributed by atoms with E-state index in [4.69, 9.17) is 9.47 Å². The highest BCUT2D eigenvalue weighted by molar-refractivity contribution is 5.88. The molecule has 22 heavy (non-hydrogen) atoms. The first-order chi connectivity index (χ1) is 10.8.